The summed E-state index contributed by atoms with van der Waals surface area (Å²) in [6, 6.07) is 12.5. The van der Waals surface area contributed by atoms with E-state index in [0.717, 1.165) is 32.1 Å². The van der Waals surface area contributed by atoms with E-state index in [1.54, 1.807) is 4.90 Å². The van der Waals surface area contributed by atoms with Crippen LogP contribution in [0.5, 0.6) is 0 Å². The van der Waals surface area contributed by atoms with E-state index >= 15 is 0 Å². The summed E-state index contributed by atoms with van der Waals surface area (Å²) in [7, 11) is 0. The number of hydrogen-bond donors (Lipinski definition) is 0. The third-order valence-corrected chi connectivity index (χ3v) is 6.64. The highest BCUT2D eigenvalue weighted by Gasteiger charge is 2.43. The minimum atomic E-state index is -0.340. The summed E-state index contributed by atoms with van der Waals surface area (Å²) < 4.78 is 6.09. The summed E-state index contributed by atoms with van der Waals surface area (Å²) in [5.74, 6) is 0.837. The smallest absolute Gasteiger partial charge is 0.411 e. The zero-order valence-electron chi connectivity index (χ0n) is 16.9. The Hall–Kier alpha value is -2.02. The molecule has 1 saturated carbocycles. The van der Waals surface area contributed by atoms with Crippen molar-refractivity contribution in [3.05, 3.63) is 35.9 Å². The number of rotatable bonds is 3. The minimum Gasteiger partial charge on any atom is -0.446 e. The number of hydrogen-bond acceptors (Lipinski definition) is 3. The largest absolute Gasteiger partial charge is 0.446 e. The van der Waals surface area contributed by atoms with Gasteiger partial charge in [0.15, 0.2) is 0 Å². The molecule has 0 radical (unpaired) electrons. The van der Waals surface area contributed by atoms with Crippen molar-refractivity contribution < 1.29 is 9.53 Å². The molecule has 4 nitrogen and oxygen atoms in total. The molecule has 1 aromatic carbocycles. The maximum atomic E-state index is 12.9. The van der Waals surface area contributed by atoms with Gasteiger partial charge < -0.3 is 4.74 Å². The van der Waals surface area contributed by atoms with E-state index in [-0.39, 0.29) is 29.6 Å². The van der Waals surface area contributed by atoms with Gasteiger partial charge in [-0.2, -0.15) is 5.26 Å². The Morgan fingerprint density at radius 1 is 1.19 bits per heavy atom. The van der Waals surface area contributed by atoms with Gasteiger partial charge >= 0.3 is 6.09 Å². The van der Waals surface area contributed by atoms with E-state index in [4.69, 9.17) is 4.74 Å². The predicted octanol–water partition coefficient (Wildman–Crippen LogP) is 5.28. The zero-order chi connectivity index (χ0) is 19.4. The third-order valence-electron chi connectivity index (χ3n) is 6.64. The van der Waals surface area contributed by atoms with Gasteiger partial charge in [-0.3, -0.25) is 4.90 Å². The number of likely N-dealkylation sites (tertiary alicyclic amines) is 1. The third kappa shape index (κ3) is 4.29. The van der Waals surface area contributed by atoms with Crippen molar-refractivity contribution in [2.24, 2.45) is 11.8 Å². The van der Waals surface area contributed by atoms with E-state index in [2.05, 4.69) is 51.1 Å². The van der Waals surface area contributed by atoms with Crippen LogP contribution in [-0.4, -0.2) is 29.7 Å². The Balaban J connectivity index is 1.78. The average Bonchev–Trinajstić information content (AvgIpc) is 2.68. The van der Waals surface area contributed by atoms with Crippen LogP contribution in [0.15, 0.2) is 30.3 Å². The first-order chi connectivity index (χ1) is 12.9. The molecule has 2 aliphatic rings. The van der Waals surface area contributed by atoms with E-state index in [9.17, 15) is 10.1 Å². The van der Waals surface area contributed by atoms with Gasteiger partial charge in [-0.15, -0.1) is 0 Å². The highest BCUT2D eigenvalue weighted by molar-refractivity contribution is 5.69. The maximum Gasteiger partial charge on any atom is 0.411 e. The topological polar surface area (TPSA) is 53.3 Å². The Bertz CT molecular complexity index is 679. The van der Waals surface area contributed by atoms with Crippen LogP contribution in [0.3, 0.4) is 0 Å². The van der Waals surface area contributed by atoms with Crippen molar-refractivity contribution in [3.8, 4) is 6.07 Å². The van der Waals surface area contributed by atoms with Gasteiger partial charge in [0.1, 0.15) is 12.1 Å². The summed E-state index contributed by atoms with van der Waals surface area (Å²) >= 11 is 0. The van der Waals surface area contributed by atoms with Crippen LogP contribution in [0.25, 0.3) is 0 Å². The fraction of sp³-hybridized carbons (Fsp3) is 0.652. The number of carbonyl (C=O) groups is 1. The molecular weight excluding hydrogens is 336 g/mol. The first kappa shape index (κ1) is 19.7. The van der Waals surface area contributed by atoms with Crippen molar-refractivity contribution >= 4 is 6.09 Å². The fourth-order valence-electron chi connectivity index (χ4n) is 4.85. The first-order valence-corrected chi connectivity index (χ1v) is 10.4. The summed E-state index contributed by atoms with van der Waals surface area (Å²) in [6.45, 7) is 7.41. The molecule has 0 bridgehead atoms. The molecule has 27 heavy (non-hydrogen) atoms. The Labute approximate surface area is 163 Å². The minimum absolute atomic E-state index is 0.0666. The monoisotopic (exact) mass is 368 g/mol. The van der Waals surface area contributed by atoms with Crippen molar-refractivity contribution in [2.45, 2.75) is 76.9 Å². The summed E-state index contributed by atoms with van der Waals surface area (Å²) in [6.07, 6.45) is 5.44. The second kappa shape index (κ2) is 8.33. The number of nitriles is 1. The maximum absolute atomic E-state index is 12.9. The van der Waals surface area contributed by atoms with Crippen LogP contribution < -0.4 is 0 Å². The molecule has 1 heterocycles. The van der Waals surface area contributed by atoms with Gasteiger partial charge in [0.05, 0.1) is 6.07 Å². The van der Waals surface area contributed by atoms with Crippen molar-refractivity contribution in [3.63, 3.8) is 0 Å². The molecule has 1 amide bonds. The molecule has 4 heteroatoms. The van der Waals surface area contributed by atoms with Crippen molar-refractivity contribution in [1.29, 1.82) is 5.26 Å². The number of carbonyl (C=O) groups excluding carboxylic acids is 1. The molecule has 0 N–H and O–H groups in total. The summed E-state index contributed by atoms with van der Waals surface area (Å²) in [5.41, 5.74) is 1.22. The quantitative estimate of drug-likeness (QED) is 0.729. The SMILES string of the molecule is C[C@@H]1CC[C@@H](C(C)(C)c2ccccc2)[C@H](OC(=O)N2CCCC[C@H]2C#N)C1. The Morgan fingerprint density at radius 3 is 2.63 bits per heavy atom. The van der Waals surface area contributed by atoms with Gasteiger partial charge in [0, 0.05) is 12.5 Å². The highest BCUT2D eigenvalue weighted by Crippen LogP contribution is 2.43. The lowest BCUT2D eigenvalue weighted by molar-refractivity contribution is -0.0229. The van der Waals surface area contributed by atoms with Crippen LogP contribution in [0.2, 0.25) is 0 Å². The number of piperidine rings is 1. The lowest BCUT2D eigenvalue weighted by atomic mass is 9.64. The summed E-state index contributed by atoms with van der Waals surface area (Å²) in [4.78, 5) is 14.6. The van der Waals surface area contributed by atoms with Crippen LogP contribution in [-0.2, 0) is 10.2 Å². The van der Waals surface area contributed by atoms with E-state index in [1.807, 2.05) is 6.07 Å². The van der Waals surface area contributed by atoms with E-state index < -0.39 is 0 Å². The fourth-order valence-corrected chi connectivity index (χ4v) is 4.85. The second-order valence-electron chi connectivity index (χ2n) is 8.87. The Morgan fingerprint density at radius 2 is 1.93 bits per heavy atom. The van der Waals surface area contributed by atoms with Crippen LogP contribution in [0.1, 0.15) is 64.9 Å². The van der Waals surface area contributed by atoms with Crippen molar-refractivity contribution in [1.82, 2.24) is 4.90 Å². The lowest BCUT2D eigenvalue weighted by Crippen LogP contribution is -2.48. The highest BCUT2D eigenvalue weighted by atomic mass is 16.6. The molecular formula is C23H32N2O2. The van der Waals surface area contributed by atoms with Crippen LogP contribution in [0, 0.1) is 23.2 Å². The average molecular weight is 369 g/mol. The molecule has 1 saturated heterocycles. The summed E-state index contributed by atoms with van der Waals surface area (Å²) in [5, 5.41) is 9.39. The first-order valence-electron chi connectivity index (χ1n) is 10.4. The zero-order valence-corrected chi connectivity index (χ0v) is 16.9. The van der Waals surface area contributed by atoms with Crippen molar-refractivity contribution in [2.75, 3.05) is 6.54 Å². The van der Waals surface area contributed by atoms with Gasteiger partial charge in [-0.05, 0) is 49.0 Å². The predicted molar refractivity (Wildman–Crippen MR) is 106 cm³/mol. The van der Waals surface area contributed by atoms with Crippen LogP contribution >= 0.6 is 0 Å². The number of benzene rings is 1. The van der Waals surface area contributed by atoms with Gasteiger partial charge in [0.2, 0.25) is 0 Å². The van der Waals surface area contributed by atoms with Gasteiger partial charge in [-0.25, -0.2) is 4.79 Å². The van der Waals surface area contributed by atoms with E-state index in [0.29, 0.717) is 12.5 Å². The molecule has 0 aromatic heterocycles. The molecule has 3 rings (SSSR count). The molecule has 1 aliphatic carbocycles. The van der Waals surface area contributed by atoms with E-state index in [1.165, 1.54) is 12.0 Å². The molecule has 2 fully saturated rings. The number of ether oxygens (including phenoxy) is 1. The molecule has 0 spiro atoms. The normalized spacial score (nSPS) is 29.0. The van der Waals surface area contributed by atoms with Crippen LogP contribution in [0.4, 0.5) is 4.79 Å². The molecule has 4 atom stereocenters. The number of amides is 1. The molecule has 1 aromatic rings. The Kier molecular flexibility index (Phi) is 6.09. The van der Waals surface area contributed by atoms with Gasteiger partial charge in [-0.1, -0.05) is 57.5 Å². The second-order valence-corrected chi connectivity index (χ2v) is 8.87. The molecule has 1 aliphatic heterocycles. The molecule has 0 unspecified atom stereocenters. The number of nitrogens with zero attached hydrogens (tertiary/aromatic N) is 2. The van der Waals surface area contributed by atoms with Gasteiger partial charge in [0.25, 0.3) is 0 Å². The lowest BCUT2D eigenvalue weighted by Gasteiger charge is -2.44. The molecule has 146 valence electrons. The standard InChI is InChI=1S/C23H32N2O2/c1-17-12-13-20(23(2,3)18-9-5-4-6-10-18)21(15-17)27-22(26)25-14-8-7-11-19(25)16-24/h4-6,9-10,17,19-21H,7-8,11-15H2,1-3H3/t17-,19+,20-,21-/m1/s1.